The van der Waals surface area contributed by atoms with Gasteiger partial charge < -0.3 is 5.32 Å². The van der Waals surface area contributed by atoms with Crippen molar-refractivity contribution in [2.24, 2.45) is 11.8 Å². The van der Waals surface area contributed by atoms with Crippen molar-refractivity contribution >= 4 is 37.3 Å². The molecule has 0 aliphatic carbocycles. The van der Waals surface area contributed by atoms with Gasteiger partial charge in [-0.05, 0) is 48.6 Å². The Morgan fingerprint density at radius 2 is 1.55 bits per heavy atom. The van der Waals surface area contributed by atoms with Crippen molar-refractivity contribution in [3.63, 3.8) is 0 Å². The fourth-order valence-electron chi connectivity index (χ4n) is 3.82. The summed E-state index contributed by atoms with van der Waals surface area (Å²) in [5.41, 5.74) is 0.650. The topological polar surface area (TPSA) is 113 Å². The molecule has 0 bridgehead atoms. The van der Waals surface area contributed by atoms with Crippen LogP contribution < -0.4 is 10.0 Å². The Morgan fingerprint density at radius 3 is 2.16 bits per heavy atom. The fraction of sp³-hybridized carbons (Fsp3) is 0.381. The van der Waals surface area contributed by atoms with Crippen molar-refractivity contribution in [1.29, 1.82) is 0 Å². The first-order valence-corrected chi connectivity index (χ1v) is 13.3. The van der Waals surface area contributed by atoms with E-state index in [1.54, 1.807) is 18.2 Å². The molecule has 0 aromatic heterocycles. The standard InChI is InChI=1S/C21H27N3O5S2/c1-15-11-16(2)14-24(13-15)31(28,29)18-8-6-7-17(12-18)21(25)22-19-9-4-5-10-20(19)23-30(3,26)27/h4-10,12,15-16,23H,11,13-14H2,1-3H3,(H,22,25). The van der Waals surface area contributed by atoms with Gasteiger partial charge in [0.2, 0.25) is 20.0 Å². The van der Waals surface area contributed by atoms with E-state index in [1.165, 1.54) is 34.6 Å². The highest BCUT2D eigenvalue weighted by molar-refractivity contribution is 7.92. The number of piperidine rings is 1. The zero-order chi connectivity index (χ0) is 22.8. The van der Waals surface area contributed by atoms with Gasteiger partial charge in [0, 0.05) is 18.7 Å². The highest BCUT2D eigenvalue weighted by Gasteiger charge is 2.32. The third kappa shape index (κ3) is 5.84. The summed E-state index contributed by atoms with van der Waals surface area (Å²) in [6.07, 6.45) is 2.00. The van der Waals surface area contributed by atoms with Gasteiger partial charge in [-0.15, -0.1) is 0 Å². The first-order chi connectivity index (χ1) is 14.5. The Bertz CT molecular complexity index is 1170. The maximum atomic E-state index is 13.1. The van der Waals surface area contributed by atoms with E-state index in [1.807, 2.05) is 13.8 Å². The van der Waals surface area contributed by atoms with Crippen molar-refractivity contribution in [1.82, 2.24) is 4.31 Å². The van der Waals surface area contributed by atoms with Gasteiger partial charge in [0.05, 0.1) is 22.5 Å². The molecule has 8 nitrogen and oxygen atoms in total. The van der Waals surface area contributed by atoms with E-state index in [4.69, 9.17) is 0 Å². The Balaban J connectivity index is 1.85. The smallest absolute Gasteiger partial charge is 0.255 e. The van der Waals surface area contributed by atoms with E-state index in [0.29, 0.717) is 13.1 Å². The molecule has 2 atom stereocenters. The van der Waals surface area contributed by atoms with Crippen molar-refractivity contribution in [2.45, 2.75) is 25.2 Å². The van der Waals surface area contributed by atoms with Gasteiger partial charge in [-0.3, -0.25) is 9.52 Å². The molecule has 2 aromatic rings. The van der Waals surface area contributed by atoms with Crippen LogP contribution in [0.5, 0.6) is 0 Å². The van der Waals surface area contributed by atoms with E-state index in [9.17, 15) is 21.6 Å². The van der Waals surface area contributed by atoms with E-state index in [2.05, 4.69) is 10.0 Å². The predicted octanol–water partition coefficient (Wildman–Crippen LogP) is 2.98. The molecule has 3 rings (SSSR count). The molecular weight excluding hydrogens is 438 g/mol. The second-order valence-electron chi connectivity index (χ2n) is 8.17. The Hall–Kier alpha value is -2.43. The molecule has 0 radical (unpaired) electrons. The molecule has 1 saturated heterocycles. The number of benzene rings is 2. The molecule has 31 heavy (non-hydrogen) atoms. The zero-order valence-corrected chi connectivity index (χ0v) is 19.3. The van der Waals surface area contributed by atoms with Gasteiger partial charge in [-0.1, -0.05) is 32.0 Å². The lowest BCUT2D eigenvalue weighted by Gasteiger charge is -2.34. The summed E-state index contributed by atoms with van der Waals surface area (Å²) < 4.78 is 53.2. The summed E-state index contributed by atoms with van der Waals surface area (Å²) in [5.74, 6) is -0.00659. The minimum Gasteiger partial charge on any atom is -0.320 e. The SMILES string of the molecule is CC1CC(C)CN(S(=O)(=O)c2cccc(C(=O)Nc3ccccc3NS(C)(=O)=O)c2)C1. The highest BCUT2D eigenvalue weighted by Crippen LogP contribution is 2.27. The summed E-state index contributed by atoms with van der Waals surface area (Å²) >= 11 is 0. The lowest BCUT2D eigenvalue weighted by molar-refractivity contribution is 0.102. The maximum Gasteiger partial charge on any atom is 0.255 e. The zero-order valence-electron chi connectivity index (χ0n) is 17.7. The lowest BCUT2D eigenvalue weighted by atomic mass is 9.94. The average molecular weight is 466 g/mol. The van der Waals surface area contributed by atoms with Crippen LogP contribution in [0.25, 0.3) is 0 Å². The summed E-state index contributed by atoms with van der Waals surface area (Å²) in [6.45, 7) is 4.97. The third-order valence-electron chi connectivity index (χ3n) is 5.04. The van der Waals surface area contributed by atoms with Crippen LogP contribution in [0.3, 0.4) is 0 Å². The number of para-hydroxylation sites is 2. The summed E-state index contributed by atoms with van der Waals surface area (Å²) in [4.78, 5) is 12.9. The lowest BCUT2D eigenvalue weighted by Crippen LogP contribution is -2.42. The minimum atomic E-state index is -3.73. The molecular formula is C21H27N3O5S2. The Labute approximate surface area is 183 Å². The molecule has 1 aliphatic heterocycles. The normalized spacial score (nSPS) is 20.2. The number of nitrogens with zero attached hydrogens (tertiary/aromatic N) is 1. The monoisotopic (exact) mass is 465 g/mol. The molecule has 1 amide bonds. The number of rotatable bonds is 6. The number of hydrogen-bond acceptors (Lipinski definition) is 5. The second kappa shape index (κ2) is 8.97. The second-order valence-corrected chi connectivity index (χ2v) is 11.9. The first-order valence-electron chi connectivity index (χ1n) is 9.94. The van der Waals surface area contributed by atoms with Crippen molar-refractivity contribution in [2.75, 3.05) is 29.4 Å². The number of sulfonamides is 2. The van der Waals surface area contributed by atoms with Crippen LogP contribution >= 0.6 is 0 Å². The van der Waals surface area contributed by atoms with Crippen LogP contribution in [0.1, 0.15) is 30.6 Å². The van der Waals surface area contributed by atoms with Gasteiger partial charge in [0.1, 0.15) is 0 Å². The van der Waals surface area contributed by atoms with Crippen molar-refractivity contribution in [3.05, 3.63) is 54.1 Å². The largest absolute Gasteiger partial charge is 0.320 e. The van der Waals surface area contributed by atoms with Crippen LogP contribution in [0.4, 0.5) is 11.4 Å². The molecule has 2 N–H and O–H groups in total. The number of carbonyl (C=O) groups is 1. The van der Waals surface area contributed by atoms with Gasteiger partial charge in [-0.2, -0.15) is 4.31 Å². The molecule has 2 unspecified atom stereocenters. The molecule has 10 heteroatoms. The number of hydrogen-bond donors (Lipinski definition) is 2. The predicted molar refractivity (Wildman–Crippen MR) is 121 cm³/mol. The molecule has 0 spiro atoms. The minimum absolute atomic E-state index is 0.0593. The van der Waals surface area contributed by atoms with Crippen molar-refractivity contribution < 1.29 is 21.6 Å². The van der Waals surface area contributed by atoms with Gasteiger partial charge in [-0.25, -0.2) is 16.8 Å². The molecule has 2 aromatic carbocycles. The molecule has 0 saturated carbocycles. The first kappa shape index (κ1) is 23.2. The molecule has 1 heterocycles. The maximum absolute atomic E-state index is 13.1. The van der Waals surface area contributed by atoms with Gasteiger partial charge >= 0.3 is 0 Å². The fourth-order valence-corrected chi connectivity index (χ4v) is 6.13. The quantitative estimate of drug-likeness (QED) is 0.681. The summed E-state index contributed by atoms with van der Waals surface area (Å²) in [7, 11) is -7.26. The van der Waals surface area contributed by atoms with Crippen LogP contribution in [-0.2, 0) is 20.0 Å². The van der Waals surface area contributed by atoms with E-state index < -0.39 is 26.0 Å². The van der Waals surface area contributed by atoms with Crippen LogP contribution in [0.2, 0.25) is 0 Å². The molecule has 1 aliphatic rings. The third-order valence-corrected chi connectivity index (χ3v) is 7.46. The number of anilines is 2. The number of carbonyl (C=O) groups excluding carboxylic acids is 1. The van der Waals surface area contributed by atoms with E-state index in [0.717, 1.165) is 12.7 Å². The Morgan fingerprint density at radius 1 is 0.935 bits per heavy atom. The highest BCUT2D eigenvalue weighted by atomic mass is 32.2. The number of amides is 1. The van der Waals surface area contributed by atoms with Crippen molar-refractivity contribution in [3.8, 4) is 0 Å². The van der Waals surface area contributed by atoms with Crippen LogP contribution in [0, 0.1) is 11.8 Å². The van der Waals surface area contributed by atoms with E-state index in [-0.39, 0.29) is 33.7 Å². The Kier molecular flexibility index (Phi) is 6.73. The number of nitrogens with one attached hydrogen (secondary N) is 2. The molecule has 1 fully saturated rings. The molecule has 168 valence electrons. The van der Waals surface area contributed by atoms with Gasteiger partial charge in [0.15, 0.2) is 0 Å². The van der Waals surface area contributed by atoms with Gasteiger partial charge in [0.25, 0.3) is 5.91 Å². The average Bonchev–Trinajstić information content (AvgIpc) is 2.67. The van der Waals surface area contributed by atoms with E-state index >= 15 is 0 Å². The van der Waals surface area contributed by atoms with Crippen LogP contribution in [0.15, 0.2) is 53.4 Å². The summed E-state index contributed by atoms with van der Waals surface area (Å²) in [6, 6.07) is 12.2. The van der Waals surface area contributed by atoms with Crippen LogP contribution in [-0.4, -0.2) is 46.4 Å². The summed E-state index contributed by atoms with van der Waals surface area (Å²) in [5, 5.41) is 2.65.